The van der Waals surface area contributed by atoms with Crippen molar-refractivity contribution in [2.45, 2.75) is 83.8 Å². The molecule has 0 aromatic carbocycles. The average Bonchev–Trinajstić information content (AvgIpc) is 3.02. The molecule has 1 N–H and O–H groups in total. The minimum Gasteiger partial charge on any atom is -0.444 e. The van der Waals surface area contributed by atoms with Gasteiger partial charge >= 0.3 is 6.09 Å². The molecule has 2 heterocycles. The third-order valence-corrected chi connectivity index (χ3v) is 9.57. The van der Waals surface area contributed by atoms with Crippen LogP contribution in [-0.4, -0.2) is 47.8 Å². The van der Waals surface area contributed by atoms with Crippen LogP contribution in [0.2, 0.25) is 18.1 Å². The maximum Gasteiger partial charge on any atom is 0.410 e. The maximum atomic E-state index is 12.7. The zero-order valence-electron chi connectivity index (χ0n) is 16.8. The molecule has 0 radical (unpaired) electrons. The second kappa shape index (κ2) is 6.76. The lowest BCUT2D eigenvalue weighted by Gasteiger charge is -2.38. The first kappa shape index (κ1) is 20.0. The van der Waals surface area contributed by atoms with E-state index in [1.54, 1.807) is 11.1 Å². The van der Waals surface area contributed by atoms with Gasteiger partial charge in [-0.15, -0.1) is 0 Å². The van der Waals surface area contributed by atoms with Crippen LogP contribution in [0.25, 0.3) is 0 Å². The van der Waals surface area contributed by atoms with Crippen molar-refractivity contribution in [1.82, 2.24) is 15.1 Å². The van der Waals surface area contributed by atoms with Crippen molar-refractivity contribution >= 4 is 14.4 Å². The lowest BCUT2D eigenvalue weighted by atomic mass is 10.1. The Bertz CT molecular complexity index is 588. The van der Waals surface area contributed by atoms with Crippen molar-refractivity contribution in [3.8, 4) is 0 Å². The highest BCUT2D eigenvalue weighted by molar-refractivity contribution is 6.74. The van der Waals surface area contributed by atoms with Gasteiger partial charge in [-0.2, -0.15) is 5.10 Å². The van der Waals surface area contributed by atoms with E-state index in [0.29, 0.717) is 6.54 Å². The number of rotatable bonds is 3. The van der Waals surface area contributed by atoms with E-state index in [9.17, 15) is 4.79 Å². The molecule has 6 nitrogen and oxygen atoms in total. The van der Waals surface area contributed by atoms with Crippen molar-refractivity contribution in [3.63, 3.8) is 0 Å². The quantitative estimate of drug-likeness (QED) is 0.800. The molecule has 1 saturated heterocycles. The number of aromatic nitrogens is 2. The highest BCUT2D eigenvalue weighted by atomic mass is 28.4. The van der Waals surface area contributed by atoms with Gasteiger partial charge in [0.1, 0.15) is 5.60 Å². The van der Waals surface area contributed by atoms with Crippen LogP contribution in [0.3, 0.4) is 0 Å². The molecule has 1 aromatic rings. The molecule has 2 atom stereocenters. The zero-order valence-corrected chi connectivity index (χ0v) is 17.8. The van der Waals surface area contributed by atoms with Crippen LogP contribution in [0.1, 0.15) is 59.7 Å². The summed E-state index contributed by atoms with van der Waals surface area (Å²) in [6, 6.07) is 1.82. The molecule has 0 unspecified atom stereocenters. The van der Waals surface area contributed by atoms with Crippen LogP contribution in [0.15, 0.2) is 12.3 Å². The Balaban J connectivity index is 2.18. The summed E-state index contributed by atoms with van der Waals surface area (Å²) < 4.78 is 12.2. The molecular weight excluding hydrogens is 334 g/mol. The predicted molar refractivity (Wildman–Crippen MR) is 101 cm³/mol. The van der Waals surface area contributed by atoms with Gasteiger partial charge in [-0.25, -0.2) is 4.79 Å². The van der Waals surface area contributed by atoms with Gasteiger partial charge in [0.2, 0.25) is 0 Å². The van der Waals surface area contributed by atoms with Gasteiger partial charge in [0.15, 0.2) is 8.32 Å². The van der Waals surface area contributed by atoms with Gasteiger partial charge in [0.25, 0.3) is 0 Å². The highest BCUT2D eigenvalue weighted by Crippen LogP contribution is 2.41. The predicted octanol–water partition coefficient (Wildman–Crippen LogP) is 4.48. The summed E-state index contributed by atoms with van der Waals surface area (Å²) in [5, 5.41) is 7.17. The molecule has 142 valence electrons. The summed E-state index contributed by atoms with van der Waals surface area (Å²) in [5.74, 6) is 0. The molecule has 0 aliphatic carbocycles. The van der Waals surface area contributed by atoms with E-state index in [1.165, 1.54) is 0 Å². The van der Waals surface area contributed by atoms with Gasteiger partial charge in [-0.3, -0.25) is 10.00 Å². The molecule has 1 aliphatic rings. The van der Waals surface area contributed by atoms with Crippen LogP contribution in [0.5, 0.6) is 0 Å². The number of hydrogen-bond acceptors (Lipinski definition) is 4. The first-order valence-corrected chi connectivity index (χ1v) is 11.9. The molecule has 7 heteroatoms. The summed E-state index contributed by atoms with van der Waals surface area (Å²) >= 11 is 0. The number of ether oxygens (including phenoxy) is 1. The number of carbonyl (C=O) groups excluding carboxylic acids is 1. The molecule has 0 saturated carbocycles. The average molecular weight is 368 g/mol. The van der Waals surface area contributed by atoms with Crippen molar-refractivity contribution in [3.05, 3.63) is 18.0 Å². The number of likely N-dealkylation sites (tertiary alicyclic amines) is 1. The Kier molecular flexibility index (Phi) is 5.40. The van der Waals surface area contributed by atoms with Gasteiger partial charge in [0, 0.05) is 19.2 Å². The standard InChI is InChI=1S/C18H33N3O3Si/c1-17(2,3)23-16(22)21-12-13(24-25(7,8)18(4,5)6)11-15(21)14-9-10-19-20-14/h9-10,13,15H,11-12H2,1-8H3,(H,19,20)/t13-,15+/m1/s1. The molecule has 25 heavy (non-hydrogen) atoms. The largest absolute Gasteiger partial charge is 0.444 e. The lowest BCUT2D eigenvalue weighted by molar-refractivity contribution is 0.0206. The molecule has 0 spiro atoms. The second-order valence-electron chi connectivity index (χ2n) is 9.40. The topological polar surface area (TPSA) is 67.4 Å². The van der Waals surface area contributed by atoms with Gasteiger partial charge < -0.3 is 9.16 Å². The lowest BCUT2D eigenvalue weighted by Crippen LogP contribution is -2.45. The summed E-state index contributed by atoms with van der Waals surface area (Å²) in [6.45, 7) is 17.4. The number of aromatic amines is 1. The third-order valence-electron chi connectivity index (χ3n) is 5.04. The number of nitrogens with one attached hydrogen (secondary N) is 1. The fourth-order valence-electron chi connectivity index (χ4n) is 2.75. The minimum atomic E-state index is -1.90. The Morgan fingerprint density at radius 2 is 1.92 bits per heavy atom. The Morgan fingerprint density at radius 1 is 1.28 bits per heavy atom. The van der Waals surface area contributed by atoms with Crippen LogP contribution < -0.4 is 0 Å². The Hall–Kier alpha value is -1.34. The van der Waals surface area contributed by atoms with E-state index in [2.05, 4.69) is 44.1 Å². The van der Waals surface area contributed by atoms with E-state index in [1.807, 2.05) is 26.8 Å². The van der Waals surface area contributed by atoms with E-state index >= 15 is 0 Å². The summed E-state index contributed by atoms with van der Waals surface area (Å²) in [5.41, 5.74) is 0.403. The molecule has 1 fully saturated rings. The molecule has 1 amide bonds. The maximum absolute atomic E-state index is 12.7. The first-order valence-electron chi connectivity index (χ1n) is 8.97. The highest BCUT2D eigenvalue weighted by Gasteiger charge is 2.45. The minimum absolute atomic E-state index is 0.0155. The van der Waals surface area contributed by atoms with Crippen LogP contribution in [0.4, 0.5) is 4.79 Å². The number of H-pyrrole nitrogens is 1. The van der Waals surface area contributed by atoms with E-state index < -0.39 is 13.9 Å². The summed E-state index contributed by atoms with van der Waals surface area (Å²) in [6.07, 6.45) is 2.19. The number of hydrogen-bond donors (Lipinski definition) is 1. The van der Waals surface area contributed by atoms with E-state index in [4.69, 9.17) is 9.16 Å². The van der Waals surface area contributed by atoms with Crippen molar-refractivity contribution in [2.75, 3.05) is 6.54 Å². The smallest absolute Gasteiger partial charge is 0.410 e. The Labute approximate surface area is 152 Å². The number of carbonyl (C=O) groups is 1. The van der Waals surface area contributed by atoms with Gasteiger partial charge in [-0.05, 0) is 45.0 Å². The number of amides is 1. The fraction of sp³-hybridized carbons (Fsp3) is 0.778. The second-order valence-corrected chi connectivity index (χ2v) is 14.2. The van der Waals surface area contributed by atoms with Crippen LogP contribution in [0, 0.1) is 0 Å². The monoisotopic (exact) mass is 367 g/mol. The van der Waals surface area contributed by atoms with Crippen LogP contribution in [-0.2, 0) is 9.16 Å². The van der Waals surface area contributed by atoms with Gasteiger partial charge in [-0.1, -0.05) is 20.8 Å². The molecular formula is C18H33N3O3Si. The molecule has 1 aromatic heterocycles. The summed E-state index contributed by atoms with van der Waals surface area (Å²) in [7, 11) is -1.90. The molecule has 1 aliphatic heterocycles. The number of nitrogens with zero attached hydrogens (tertiary/aromatic N) is 2. The van der Waals surface area contributed by atoms with Crippen molar-refractivity contribution in [2.24, 2.45) is 0 Å². The Morgan fingerprint density at radius 3 is 2.40 bits per heavy atom. The van der Waals surface area contributed by atoms with E-state index in [0.717, 1.165) is 12.1 Å². The zero-order chi connectivity index (χ0) is 19.0. The van der Waals surface area contributed by atoms with Crippen molar-refractivity contribution < 1.29 is 14.0 Å². The van der Waals surface area contributed by atoms with Gasteiger partial charge in [0.05, 0.1) is 17.8 Å². The third kappa shape index (κ3) is 4.85. The molecule has 0 bridgehead atoms. The first-order chi connectivity index (χ1) is 11.3. The summed E-state index contributed by atoms with van der Waals surface area (Å²) in [4.78, 5) is 14.5. The van der Waals surface area contributed by atoms with Crippen LogP contribution >= 0.6 is 0 Å². The normalized spacial score (nSPS) is 22.3. The fourth-order valence-corrected chi connectivity index (χ4v) is 4.10. The molecule has 2 rings (SSSR count). The van der Waals surface area contributed by atoms with Crippen molar-refractivity contribution in [1.29, 1.82) is 0 Å². The SMILES string of the molecule is CC(C)(C)OC(=O)N1C[C@H](O[Si](C)(C)C(C)(C)C)C[C@H]1c1ccn[nH]1. The van der Waals surface area contributed by atoms with E-state index in [-0.39, 0.29) is 23.3 Å².